The van der Waals surface area contributed by atoms with Crippen LogP contribution in [0.2, 0.25) is 0 Å². The molecule has 0 radical (unpaired) electrons. The van der Waals surface area contributed by atoms with Crippen molar-refractivity contribution in [3.63, 3.8) is 0 Å². The fourth-order valence-electron chi connectivity index (χ4n) is 1.29. The Morgan fingerprint density at radius 2 is 2.38 bits per heavy atom. The van der Waals surface area contributed by atoms with Gasteiger partial charge < -0.3 is 15.2 Å². The molecular weight excluding hydrogens is 164 g/mol. The number of hydrogen-bond donors (Lipinski definition) is 1. The molecule has 1 aliphatic rings. The third kappa shape index (κ3) is 1.42. The molecule has 0 spiro atoms. The smallest absolute Gasteiger partial charge is 0.209 e. The second-order valence-electron chi connectivity index (χ2n) is 3.01. The fraction of sp³-hybridized carbons (Fsp3) is 0.222. The zero-order valence-corrected chi connectivity index (χ0v) is 7.51. The van der Waals surface area contributed by atoms with Crippen molar-refractivity contribution < 1.29 is 0 Å². The summed E-state index contributed by atoms with van der Waals surface area (Å²) in [6, 6.07) is 0. The van der Waals surface area contributed by atoms with Crippen LogP contribution in [0, 0.1) is 0 Å². The van der Waals surface area contributed by atoms with Crippen LogP contribution in [0.3, 0.4) is 0 Å². The van der Waals surface area contributed by atoms with E-state index < -0.39 is 0 Å². The van der Waals surface area contributed by atoms with Gasteiger partial charge in [-0.1, -0.05) is 0 Å². The van der Waals surface area contributed by atoms with Gasteiger partial charge in [0.25, 0.3) is 0 Å². The predicted octanol–water partition coefficient (Wildman–Crippen LogP) is 0.596. The lowest BCUT2D eigenvalue weighted by Crippen LogP contribution is -2.23. The Morgan fingerprint density at radius 3 is 2.92 bits per heavy atom. The lowest BCUT2D eigenvalue weighted by atomic mass is 10.3. The van der Waals surface area contributed by atoms with E-state index in [1.807, 2.05) is 41.1 Å². The number of allylic oxidation sites excluding steroid dienone is 1. The van der Waals surface area contributed by atoms with Crippen molar-refractivity contribution in [2.24, 2.45) is 12.8 Å². The zero-order valence-electron chi connectivity index (χ0n) is 7.51. The number of aryl methyl sites for hydroxylation is 1. The largest absolute Gasteiger partial charge is 0.399 e. The quantitative estimate of drug-likeness (QED) is 0.681. The highest BCUT2D eigenvalue weighted by molar-refractivity contribution is 5.41. The number of aromatic nitrogens is 2. The Balaban J connectivity index is 2.22. The van der Waals surface area contributed by atoms with E-state index in [1.54, 1.807) is 6.20 Å². The highest BCUT2D eigenvalue weighted by Gasteiger charge is 2.08. The Morgan fingerprint density at radius 1 is 1.54 bits per heavy atom. The summed E-state index contributed by atoms with van der Waals surface area (Å²) in [5.74, 6) is 0.931. The molecule has 4 nitrogen and oxygen atoms in total. The first-order valence-corrected chi connectivity index (χ1v) is 4.15. The maximum atomic E-state index is 5.61. The van der Waals surface area contributed by atoms with Gasteiger partial charge in [0.2, 0.25) is 5.95 Å². The second-order valence-corrected chi connectivity index (χ2v) is 3.01. The molecule has 0 amide bonds. The highest BCUT2D eigenvalue weighted by Crippen LogP contribution is 2.13. The third-order valence-electron chi connectivity index (χ3n) is 2.02. The number of nitrogens with zero attached hydrogens (tertiary/aromatic N) is 3. The molecule has 2 heterocycles. The lowest BCUT2D eigenvalue weighted by Gasteiger charge is -2.20. The normalized spacial score (nSPS) is 16.1. The molecule has 0 fully saturated rings. The molecule has 13 heavy (non-hydrogen) atoms. The summed E-state index contributed by atoms with van der Waals surface area (Å²) in [6.45, 7) is 0.785. The van der Waals surface area contributed by atoms with Crippen molar-refractivity contribution in [3.05, 3.63) is 36.4 Å². The topological polar surface area (TPSA) is 47.1 Å². The standard InChI is InChI=1S/C9H12N4/c1-12-7-4-11-9(12)13-5-2-8(10)3-6-13/h2-5,7H,6,10H2,1H3. The molecule has 0 saturated carbocycles. The summed E-state index contributed by atoms with van der Waals surface area (Å²) < 4.78 is 1.97. The molecule has 0 unspecified atom stereocenters. The minimum Gasteiger partial charge on any atom is -0.399 e. The number of nitrogens with two attached hydrogens (primary N) is 1. The van der Waals surface area contributed by atoms with Crippen LogP contribution < -0.4 is 10.6 Å². The molecular formula is C9H12N4. The van der Waals surface area contributed by atoms with Gasteiger partial charge in [0, 0.05) is 37.9 Å². The van der Waals surface area contributed by atoms with Crippen LogP contribution in [0.4, 0.5) is 5.95 Å². The van der Waals surface area contributed by atoms with Crippen molar-refractivity contribution in [1.29, 1.82) is 0 Å². The van der Waals surface area contributed by atoms with Crippen molar-refractivity contribution >= 4 is 5.95 Å². The minimum absolute atomic E-state index is 0.785. The van der Waals surface area contributed by atoms with E-state index in [4.69, 9.17) is 5.73 Å². The van der Waals surface area contributed by atoms with E-state index in [1.165, 1.54) is 0 Å². The van der Waals surface area contributed by atoms with Crippen LogP contribution >= 0.6 is 0 Å². The van der Waals surface area contributed by atoms with E-state index >= 15 is 0 Å². The summed E-state index contributed by atoms with van der Waals surface area (Å²) in [6.07, 6.45) is 9.49. The maximum Gasteiger partial charge on any atom is 0.209 e. The van der Waals surface area contributed by atoms with Gasteiger partial charge in [-0.2, -0.15) is 0 Å². The van der Waals surface area contributed by atoms with Crippen LogP contribution in [-0.4, -0.2) is 16.1 Å². The molecule has 0 bridgehead atoms. The van der Waals surface area contributed by atoms with Crippen LogP contribution in [0.25, 0.3) is 0 Å². The average Bonchev–Trinajstić information content (AvgIpc) is 2.53. The summed E-state index contributed by atoms with van der Waals surface area (Å²) >= 11 is 0. The van der Waals surface area contributed by atoms with Gasteiger partial charge >= 0.3 is 0 Å². The van der Waals surface area contributed by atoms with Crippen molar-refractivity contribution in [2.45, 2.75) is 0 Å². The molecule has 1 aromatic heterocycles. The summed E-state index contributed by atoms with van der Waals surface area (Å²) in [7, 11) is 1.97. The Bertz CT molecular complexity index is 361. The Hall–Kier alpha value is -1.71. The molecule has 2 N–H and O–H groups in total. The molecule has 0 atom stereocenters. The molecule has 1 aliphatic heterocycles. The van der Waals surface area contributed by atoms with Gasteiger partial charge in [0.05, 0.1) is 0 Å². The number of hydrogen-bond acceptors (Lipinski definition) is 3. The molecule has 0 aliphatic carbocycles. The summed E-state index contributed by atoms with van der Waals surface area (Å²) in [5, 5.41) is 0. The fourth-order valence-corrected chi connectivity index (χ4v) is 1.29. The van der Waals surface area contributed by atoms with E-state index in [0.29, 0.717) is 0 Å². The molecule has 68 valence electrons. The van der Waals surface area contributed by atoms with Gasteiger partial charge in [-0.15, -0.1) is 0 Å². The first-order valence-electron chi connectivity index (χ1n) is 4.15. The monoisotopic (exact) mass is 176 g/mol. The van der Waals surface area contributed by atoms with Crippen LogP contribution in [-0.2, 0) is 7.05 Å². The van der Waals surface area contributed by atoms with Gasteiger partial charge in [-0.05, 0) is 12.2 Å². The van der Waals surface area contributed by atoms with Crippen LogP contribution in [0.1, 0.15) is 0 Å². The van der Waals surface area contributed by atoms with Crippen molar-refractivity contribution in [2.75, 3.05) is 11.4 Å². The third-order valence-corrected chi connectivity index (χ3v) is 2.02. The molecule has 1 aromatic rings. The lowest BCUT2D eigenvalue weighted by molar-refractivity contribution is 0.856. The van der Waals surface area contributed by atoms with Crippen LogP contribution in [0.5, 0.6) is 0 Å². The van der Waals surface area contributed by atoms with Gasteiger partial charge in [-0.3, -0.25) is 0 Å². The van der Waals surface area contributed by atoms with Gasteiger partial charge in [0.15, 0.2) is 0 Å². The van der Waals surface area contributed by atoms with Crippen molar-refractivity contribution in [3.8, 4) is 0 Å². The van der Waals surface area contributed by atoms with E-state index in [0.717, 1.165) is 18.2 Å². The highest BCUT2D eigenvalue weighted by atomic mass is 15.3. The van der Waals surface area contributed by atoms with E-state index in [9.17, 15) is 0 Å². The van der Waals surface area contributed by atoms with Gasteiger partial charge in [0.1, 0.15) is 0 Å². The first kappa shape index (κ1) is 7.91. The molecule has 0 aromatic carbocycles. The minimum atomic E-state index is 0.785. The van der Waals surface area contributed by atoms with Gasteiger partial charge in [-0.25, -0.2) is 4.98 Å². The number of imidazole rings is 1. The number of anilines is 1. The summed E-state index contributed by atoms with van der Waals surface area (Å²) in [5.41, 5.74) is 6.42. The van der Waals surface area contributed by atoms with Crippen molar-refractivity contribution in [1.82, 2.24) is 9.55 Å². The van der Waals surface area contributed by atoms with E-state index in [2.05, 4.69) is 4.98 Å². The number of rotatable bonds is 1. The molecule has 4 heteroatoms. The zero-order chi connectivity index (χ0) is 9.26. The van der Waals surface area contributed by atoms with E-state index in [-0.39, 0.29) is 0 Å². The maximum absolute atomic E-state index is 5.61. The first-order chi connectivity index (χ1) is 6.27. The average molecular weight is 176 g/mol. The Kier molecular flexibility index (Phi) is 1.81. The molecule has 0 saturated heterocycles. The second kappa shape index (κ2) is 2.97. The summed E-state index contributed by atoms with van der Waals surface area (Å²) in [4.78, 5) is 6.27. The molecule has 2 rings (SSSR count). The Labute approximate surface area is 77.0 Å². The SMILES string of the molecule is Cn1ccnc1N1C=CC(N)=CC1. The predicted molar refractivity (Wildman–Crippen MR) is 52.0 cm³/mol. The van der Waals surface area contributed by atoms with Crippen LogP contribution in [0.15, 0.2) is 36.4 Å².